The van der Waals surface area contributed by atoms with Crippen LogP contribution in [0.1, 0.15) is 53.0 Å². The number of ether oxygens (including phenoxy) is 3. The maximum atomic E-state index is 14.5. The van der Waals surface area contributed by atoms with Crippen LogP contribution in [-0.2, 0) is 32.6 Å². The molecule has 0 fully saturated rings. The van der Waals surface area contributed by atoms with Crippen molar-refractivity contribution in [1.29, 1.82) is 0 Å². The topological polar surface area (TPSA) is 135 Å². The molecule has 12 heteroatoms. The first-order chi connectivity index (χ1) is 17.4. The molecular weight excluding hydrogens is 503 g/mol. The first kappa shape index (κ1) is 30.7. The van der Waals surface area contributed by atoms with Gasteiger partial charge in [0, 0.05) is 23.5 Å². The van der Waals surface area contributed by atoms with Crippen molar-refractivity contribution in [3.63, 3.8) is 0 Å². The van der Waals surface area contributed by atoms with Crippen molar-refractivity contribution in [2.75, 3.05) is 33.5 Å². The molecule has 1 aliphatic heterocycles. The van der Waals surface area contributed by atoms with Crippen LogP contribution in [0, 0.1) is 10.1 Å². The summed E-state index contributed by atoms with van der Waals surface area (Å²) in [5.41, 5.74) is 1.24. The number of benzene rings is 1. The molecule has 0 radical (unpaired) electrons. The number of dihydropyridines is 1. The number of rotatable bonds is 14. The van der Waals surface area contributed by atoms with Crippen molar-refractivity contribution in [2.24, 2.45) is 0 Å². The number of non-ortho nitro benzene ring substituents is 1. The first-order valence-electron chi connectivity index (χ1n) is 12.0. The lowest BCUT2D eigenvalue weighted by Gasteiger charge is -2.34. The molecule has 1 atom stereocenters. The molecule has 1 N–H and O–H groups in total. The fourth-order valence-electron chi connectivity index (χ4n) is 3.93. The van der Waals surface area contributed by atoms with Gasteiger partial charge in [-0.05, 0) is 47.1 Å². The Kier molecular flexibility index (Phi) is 11.5. The summed E-state index contributed by atoms with van der Waals surface area (Å²) in [5.74, 6) is -1.67. The molecule has 1 aromatic carbocycles. The standard InChI is InChI=1S/C25H37N2O9P/c1-16(2)33-11-13-35-37(31,36-14-12-34-17(3)4)24-19(6)26-18(5)22(25(28)32-7)23(24)20-9-8-10-21(15-20)27(29)30/h8-10,15-17,23,26H,11-14H2,1-7H3/t23-/m0/s1. The molecule has 37 heavy (non-hydrogen) atoms. The maximum absolute atomic E-state index is 14.5. The van der Waals surface area contributed by atoms with Crippen molar-refractivity contribution in [3.8, 4) is 0 Å². The summed E-state index contributed by atoms with van der Waals surface area (Å²) in [6.07, 6.45) is -0.121. The number of methoxy groups -OCH3 is 1. The summed E-state index contributed by atoms with van der Waals surface area (Å²) < 4.78 is 42.3. The van der Waals surface area contributed by atoms with Gasteiger partial charge in [0.2, 0.25) is 0 Å². The van der Waals surface area contributed by atoms with E-state index in [0.29, 0.717) is 17.0 Å². The second-order valence-corrected chi connectivity index (χ2v) is 10.9. The van der Waals surface area contributed by atoms with E-state index in [2.05, 4.69) is 5.32 Å². The smallest absolute Gasteiger partial charge is 0.360 e. The van der Waals surface area contributed by atoms with Crippen LogP contribution in [0.15, 0.2) is 46.5 Å². The van der Waals surface area contributed by atoms with E-state index in [1.54, 1.807) is 19.9 Å². The van der Waals surface area contributed by atoms with E-state index in [9.17, 15) is 19.5 Å². The molecule has 1 aliphatic rings. The Balaban J connectivity index is 2.62. The number of esters is 1. The zero-order valence-electron chi connectivity index (χ0n) is 22.4. The first-order valence-corrected chi connectivity index (χ1v) is 13.6. The minimum atomic E-state index is -4.10. The fourth-order valence-corrected chi connectivity index (χ4v) is 5.97. The average Bonchev–Trinajstić information content (AvgIpc) is 2.83. The number of nitro groups is 1. The van der Waals surface area contributed by atoms with Gasteiger partial charge in [-0.1, -0.05) is 12.1 Å². The molecule has 0 saturated carbocycles. The van der Waals surface area contributed by atoms with E-state index in [1.807, 2.05) is 27.7 Å². The molecule has 0 amide bonds. The number of nitrogens with zero attached hydrogens (tertiary/aromatic N) is 1. The van der Waals surface area contributed by atoms with Gasteiger partial charge in [0.15, 0.2) is 0 Å². The van der Waals surface area contributed by atoms with E-state index < -0.39 is 24.4 Å². The molecule has 1 heterocycles. The lowest BCUT2D eigenvalue weighted by atomic mass is 9.86. The number of hydrogen-bond acceptors (Lipinski definition) is 10. The second kappa shape index (κ2) is 13.8. The van der Waals surface area contributed by atoms with Crippen molar-refractivity contribution in [1.82, 2.24) is 5.32 Å². The van der Waals surface area contributed by atoms with E-state index in [1.165, 1.54) is 25.3 Å². The zero-order valence-corrected chi connectivity index (χ0v) is 23.3. The van der Waals surface area contributed by atoms with Crippen LogP contribution in [-0.4, -0.2) is 56.6 Å². The third kappa shape index (κ3) is 8.21. The van der Waals surface area contributed by atoms with Gasteiger partial charge in [0.1, 0.15) is 0 Å². The number of nitrogens with one attached hydrogen (secondary N) is 1. The highest BCUT2D eigenvalue weighted by molar-refractivity contribution is 7.58. The lowest BCUT2D eigenvalue weighted by Crippen LogP contribution is -2.29. The minimum absolute atomic E-state index is 0.0464. The Morgan fingerprint density at radius 2 is 1.59 bits per heavy atom. The van der Waals surface area contributed by atoms with Gasteiger partial charge < -0.3 is 28.6 Å². The number of hydrogen-bond donors (Lipinski definition) is 1. The monoisotopic (exact) mass is 540 g/mol. The van der Waals surface area contributed by atoms with Gasteiger partial charge in [-0.2, -0.15) is 0 Å². The number of allylic oxidation sites excluding steroid dienone is 3. The van der Waals surface area contributed by atoms with Crippen LogP contribution in [0.3, 0.4) is 0 Å². The van der Waals surface area contributed by atoms with Crippen molar-refractivity contribution in [3.05, 3.63) is 62.2 Å². The Labute approximate surface area is 217 Å². The molecule has 0 aromatic heterocycles. The van der Waals surface area contributed by atoms with Crippen molar-refractivity contribution >= 4 is 19.3 Å². The predicted molar refractivity (Wildman–Crippen MR) is 138 cm³/mol. The van der Waals surface area contributed by atoms with Crippen LogP contribution in [0.2, 0.25) is 0 Å². The summed E-state index contributed by atoms with van der Waals surface area (Å²) in [5, 5.41) is 14.8. The molecule has 11 nitrogen and oxygen atoms in total. The molecule has 2 rings (SSSR count). The van der Waals surface area contributed by atoms with E-state index in [0.717, 1.165) is 0 Å². The summed E-state index contributed by atoms with van der Waals surface area (Å²) >= 11 is 0. The van der Waals surface area contributed by atoms with Gasteiger partial charge in [0.05, 0.1) is 67.5 Å². The molecule has 206 valence electrons. The molecule has 0 spiro atoms. The van der Waals surface area contributed by atoms with E-state index in [-0.39, 0.29) is 55.2 Å². The molecular formula is C25H37N2O9P. The Morgan fingerprint density at radius 1 is 1.03 bits per heavy atom. The van der Waals surface area contributed by atoms with Crippen LogP contribution < -0.4 is 5.32 Å². The van der Waals surface area contributed by atoms with Crippen LogP contribution in [0.4, 0.5) is 5.69 Å². The highest BCUT2D eigenvalue weighted by atomic mass is 31.2. The summed E-state index contributed by atoms with van der Waals surface area (Å²) in [6.45, 7) is 11.1. The highest BCUT2D eigenvalue weighted by Gasteiger charge is 2.45. The number of carbonyl (C=O) groups excluding carboxylic acids is 1. The lowest BCUT2D eigenvalue weighted by molar-refractivity contribution is -0.384. The van der Waals surface area contributed by atoms with E-state index in [4.69, 9.17) is 23.3 Å². The van der Waals surface area contributed by atoms with Gasteiger partial charge in [-0.25, -0.2) is 4.79 Å². The second-order valence-electron chi connectivity index (χ2n) is 8.95. The quantitative estimate of drug-likeness (QED) is 0.112. The van der Waals surface area contributed by atoms with E-state index >= 15 is 0 Å². The summed E-state index contributed by atoms with van der Waals surface area (Å²) in [6, 6.07) is 5.81. The number of nitro benzene ring substituents is 1. The molecule has 0 unspecified atom stereocenters. The molecule has 0 saturated heterocycles. The van der Waals surface area contributed by atoms with Crippen LogP contribution >= 0.6 is 7.60 Å². The Bertz CT molecular complexity index is 1060. The van der Waals surface area contributed by atoms with Gasteiger partial charge >= 0.3 is 13.6 Å². The van der Waals surface area contributed by atoms with Gasteiger partial charge in [-0.15, -0.1) is 0 Å². The average molecular weight is 541 g/mol. The van der Waals surface area contributed by atoms with Crippen molar-refractivity contribution in [2.45, 2.75) is 59.7 Å². The normalized spacial score (nSPS) is 16.4. The molecule has 0 bridgehead atoms. The predicted octanol–water partition coefficient (Wildman–Crippen LogP) is 5.04. The Morgan fingerprint density at radius 3 is 2.08 bits per heavy atom. The highest BCUT2D eigenvalue weighted by Crippen LogP contribution is 2.64. The minimum Gasteiger partial charge on any atom is -0.466 e. The van der Waals surface area contributed by atoms with Crippen LogP contribution in [0.25, 0.3) is 0 Å². The summed E-state index contributed by atoms with van der Waals surface area (Å²) in [7, 11) is -2.87. The SMILES string of the molecule is COC(=O)C1=C(C)NC(C)=C(P(=O)(OCCOC(C)C)OCCOC(C)C)[C@H]1c1cccc([N+](=O)[O-])c1. The Hall–Kier alpha value is -2.56. The molecule has 1 aromatic rings. The van der Waals surface area contributed by atoms with Crippen LogP contribution in [0.5, 0.6) is 0 Å². The number of carbonyl (C=O) groups is 1. The largest absolute Gasteiger partial charge is 0.466 e. The summed E-state index contributed by atoms with van der Waals surface area (Å²) in [4.78, 5) is 23.9. The van der Waals surface area contributed by atoms with Gasteiger partial charge in [0.25, 0.3) is 5.69 Å². The van der Waals surface area contributed by atoms with Gasteiger partial charge in [-0.3, -0.25) is 14.7 Å². The molecule has 0 aliphatic carbocycles. The zero-order chi connectivity index (χ0) is 27.8. The third-order valence-electron chi connectivity index (χ3n) is 5.43. The fraction of sp³-hybridized carbons (Fsp3) is 0.560. The third-order valence-corrected chi connectivity index (χ3v) is 7.66. The van der Waals surface area contributed by atoms with Crippen molar-refractivity contribution < 1.29 is 37.5 Å². The maximum Gasteiger partial charge on any atom is 0.360 e.